The minimum Gasteiger partial charge on any atom is -0.481 e. The Morgan fingerprint density at radius 1 is 1.48 bits per heavy atom. The molecule has 1 heterocycles. The van der Waals surface area contributed by atoms with Crippen molar-refractivity contribution in [1.29, 1.82) is 0 Å². The van der Waals surface area contributed by atoms with Crippen LogP contribution in [0.2, 0.25) is 5.02 Å². The second-order valence-corrected chi connectivity index (χ2v) is 6.48. The number of benzene rings is 1. The third kappa shape index (κ3) is 4.61. The van der Waals surface area contributed by atoms with Crippen LogP contribution in [-0.4, -0.2) is 55.4 Å². The number of carbonyl (C=O) groups is 3. The van der Waals surface area contributed by atoms with Crippen molar-refractivity contribution in [2.75, 3.05) is 31.7 Å². The van der Waals surface area contributed by atoms with Gasteiger partial charge >= 0.3 is 12.0 Å². The topological polar surface area (TPSA) is 108 Å². The van der Waals surface area contributed by atoms with E-state index < -0.39 is 17.4 Å². The molecular formula is C16H20ClN3O5. The van der Waals surface area contributed by atoms with E-state index in [2.05, 4.69) is 10.6 Å². The first-order valence-electron chi connectivity index (χ1n) is 7.64. The zero-order valence-corrected chi connectivity index (χ0v) is 14.7. The van der Waals surface area contributed by atoms with Crippen LogP contribution in [0, 0.1) is 0 Å². The summed E-state index contributed by atoms with van der Waals surface area (Å²) in [6.07, 6.45) is -0.290. The first-order valence-corrected chi connectivity index (χ1v) is 8.02. The minimum atomic E-state index is -1.07. The highest BCUT2D eigenvalue weighted by Crippen LogP contribution is 2.28. The van der Waals surface area contributed by atoms with E-state index in [1.807, 2.05) is 0 Å². The standard InChI is InChI=1S/C16H20ClN3O5/c1-16(9-25-2,8-13(21)22)19-14(23)10-3-4-11(17)12(7-10)20-6-5-18-15(20)24/h3-4,7H,5-6,8-9H2,1-2H3,(H,18,24)(H,19,23)(H,21,22). The van der Waals surface area contributed by atoms with Crippen molar-refractivity contribution in [3.05, 3.63) is 28.8 Å². The Bertz CT molecular complexity index is 696. The predicted molar refractivity (Wildman–Crippen MR) is 92.2 cm³/mol. The van der Waals surface area contributed by atoms with Gasteiger partial charge in [0.1, 0.15) is 0 Å². The molecule has 0 saturated carbocycles. The van der Waals surface area contributed by atoms with Gasteiger partial charge in [0.15, 0.2) is 0 Å². The number of amides is 3. The summed E-state index contributed by atoms with van der Waals surface area (Å²) >= 11 is 6.15. The predicted octanol–water partition coefficient (Wildman–Crippen LogP) is 1.48. The number of anilines is 1. The van der Waals surface area contributed by atoms with Crippen LogP contribution < -0.4 is 15.5 Å². The summed E-state index contributed by atoms with van der Waals surface area (Å²) in [4.78, 5) is 36.9. The van der Waals surface area contributed by atoms with Gasteiger partial charge in [0.25, 0.3) is 5.91 Å². The lowest BCUT2D eigenvalue weighted by Crippen LogP contribution is -2.50. The zero-order valence-electron chi connectivity index (χ0n) is 14.0. The molecule has 0 radical (unpaired) electrons. The van der Waals surface area contributed by atoms with Crippen LogP contribution in [0.1, 0.15) is 23.7 Å². The van der Waals surface area contributed by atoms with Crippen molar-refractivity contribution in [3.63, 3.8) is 0 Å². The molecule has 136 valence electrons. The molecule has 1 atom stereocenters. The van der Waals surface area contributed by atoms with Crippen LogP contribution in [-0.2, 0) is 9.53 Å². The summed E-state index contributed by atoms with van der Waals surface area (Å²) < 4.78 is 5.02. The van der Waals surface area contributed by atoms with E-state index in [1.54, 1.807) is 6.92 Å². The number of urea groups is 1. The molecule has 25 heavy (non-hydrogen) atoms. The molecule has 1 fully saturated rings. The maximum absolute atomic E-state index is 12.6. The number of aliphatic carboxylic acids is 1. The molecule has 8 nitrogen and oxygen atoms in total. The summed E-state index contributed by atoms with van der Waals surface area (Å²) in [7, 11) is 1.43. The van der Waals surface area contributed by atoms with Crippen molar-refractivity contribution in [2.24, 2.45) is 0 Å². The molecule has 1 aromatic carbocycles. The number of rotatable bonds is 7. The Hall–Kier alpha value is -2.32. The van der Waals surface area contributed by atoms with Gasteiger partial charge in [-0.3, -0.25) is 14.5 Å². The Labute approximate surface area is 150 Å². The highest BCUT2D eigenvalue weighted by molar-refractivity contribution is 6.34. The van der Waals surface area contributed by atoms with Gasteiger partial charge in [-0.15, -0.1) is 0 Å². The molecule has 1 saturated heterocycles. The Balaban J connectivity index is 2.24. The van der Waals surface area contributed by atoms with Crippen LogP contribution in [0.5, 0.6) is 0 Å². The van der Waals surface area contributed by atoms with Gasteiger partial charge < -0.3 is 20.5 Å². The first-order chi connectivity index (χ1) is 11.8. The van der Waals surface area contributed by atoms with E-state index in [0.717, 1.165) is 0 Å². The molecule has 9 heteroatoms. The first kappa shape index (κ1) is 19.0. The average Bonchev–Trinajstić information content (AvgIpc) is 2.92. The number of halogens is 1. The fourth-order valence-corrected chi connectivity index (χ4v) is 2.91. The Morgan fingerprint density at radius 2 is 2.20 bits per heavy atom. The zero-order chi connectivity index (χ0) is 18.6. The summed E-state index contributed by atoms with van der Waals surface area (Å²) in [6.45, 7) is 2.58. The lowest BCUT2D eigenvalue weighted by molar-refractivity contribution is -0.139. The van der Waals surface area contributed by atoms with E-state index in [-0.39, 0.29) is 24.6 Å². The van der Waals surface area contributed by atoms with E-state index in [1.165, 1.54) is 30.2 Å². The van der Waals surface area contributed by atoms with Crippen molar-refractivity contribution in [3.8, 4) is 0 Å². The molecule has 1 aromatic rings. The van der Waals surface area contributed by atoms with E-state index in [0.29, 0.717) is 23.8 Å². The monoisotopic (exact) mass is 369 g/mol. The number of hydrogen-bond donors (Lipinski definition) is 3. The lowest BCUT2D eigenvalue weighted by atomic mass is 9.98. The van der Waals surface area contributed by atoms with Crippen molar-refractivity contribution in [1.82, 2.24) is 10.6 Å². The fourth-order valence-electron chi connectivity index (χ4n) is 2.69. The molecule has 0 bridgehead atoms. The summed E-state index contributed by atoms with van der Waals surface area (Å²) in [5, 5.41) is 14.7. The van der Waals surface area contributed by atoms with E-state index in [9.17, 15) is 14.4 Å². The van der Waals surface area contributed by atoms with Gasteiger partial charge in [-0.25, -0.2) is 4.79 Å². The maximum Gasteiger partial charge on any atom is 0.322 e. The van der Waals surface area contributed by atoms with Crippen LogP contribution in [0.25, 0.3) is 0 Å². The van der Waals surface area contributed by atoms with Gasteiger partial charge in [0.05, 0.1) is 29.3 Å². The average molecular weight is 370 g/mol. The number of carbonyl (C=O) groups excluding carboxylic acids is 2. The molecule has 2 rings (SSSR count). The molecule has 1 aliphatic rings. The quantitative estimate of drug-likeness (QED) is 0.674. The van der Waals surface area contributed by atoms with Crippen molar-refractivity contribution >= 4 is 35.2 Å². The molecule has 1 aliphatic heterocycles. The number of ether oxygens (including phenoxy) is 1. The van der Waals surface area contributed by atoms with E-state index in [4.69, 9.17) is 21.4 Å². The summed E-state index contributed by atoms with van der Waals surface area (Å²) in [5.74, 6) is -1.52. The fraction of sp³-hybridized carbons (Fsp3) is 0.438. The molecule has 1 unspecified atom stereocenters. The number of carboxylic acids is 1. The van der Waals surface area contributed by atoms with E-state index >= 15 is 0 Å². The number of carboxylic acid groups (broad SMARTS) is 1. The normalized spacial score (nSPS) is 16.3. The van der Waals surface area contributed by atoms with Crippen molar-refractivity contribution in [2.45, 2.75) is 18.9 Å². The molecule has 0 spiro atoms. The van der Waals surface area contributed by atoms with Crippen LogP contribution in [0.3, 0.4) is 0 Å². The van der Waals surface area contributed by atoms with Gasteiger partial charge in [-0.2, -0.15) is 0 Å². The molecular weight excluding hydrogens is 350 g/mol. The highest BCUT2D eigenvalue weighted by Gasteiger charge is 2.31. The SMILES string of the molecule is COCC(C)(CC(=O)O)NC(=O)c1ccc(Cl)c(N2CCNC2=O)c1. The second kappa shape index (κ2) is 7.71. The highest BCUT2D eigenvalue weighted by atomic mass is 35.5. The smallest absolute Gasteiger partial charge is 0.322 e. The minimum absolute atomic E-state index is 0.0417. The molecule has 0 aromatic heterocycles. The largest absolute Gasteiger partial charge is 0.481 e. The third-order valence-electron chi connectivity index (χ3n) is 3.78. The lowest BCUT2D eigenvalue weighted by Gasteiger charge is -2.28. The number of methoxy groups -OCH3 is 1. The second-order valence-electron chi connectivity index (χ2n) is 6.07. The number of hydrogen-bond acceptors (Lipinski definition) is 4. The number of nitrogens with zero attached hydrogens (tertiary/aromatic N) is 1. The third-order valence-corrected chi connectivity index (χ3v) is 4.10. The number of nitrogens with one attached hydrogen (secondary N) is 2. The van der Waals surface area contributed by atoms with Gasteiger partial charge in [-0.05, 0) is 25.1 Å². The summed E-state index contributed by atoms with van der Waals surface area (Å²) in [6, 6.07) is 4.27. The molecule has 3 N–H and O–H groups in total. The summed E-state index contributed by atoms with van der Waals surface area (Å²) in [5.41, 5.74) is -0.370. The van der Waals surface area contributed by atoms with Crippen molar-refractivity contribution < 1.29 is 24.2 Å². The van der Waals surface area contributed by atoms with Gasteiger partial charge in [0.2, 0.25) is 0 Å². The van der Waals surface area contributed by atoms with Gasteiger partial charge in [-0.1, -0.05) is 11.6 Å². The maximum atomic E-state index is 12.6. The molecule has 3 amide bonds. The Kier molecular flexibility index (Phi) is 5.86. The van der Waals surface area contributed by atoms with Gasteiger partial charge in [0, 0.05) is 25.8 Å². The van der Waals surface area contributed by atoms with Crippen LogP contribution in [0.4, 0.5) is 10.5 Å². The van der Waals surface area contributed by atoms with Crippen LogP contribution >= 0.6 is 11.6 Å². The Morgan fingerprint density at radius 3 is 2.76 bits per heavy atom. The molecule has 0 aliphatic carbocycles. The van der Waals surface area contributed by atoms with Crippen LogP contribution in [0.15, 0.2) is 18.2 Å².